The molecule has 1 heterocycles. The molecule has 1 aromatic heterocycles. The minimum absolute atomic E-state index is 0.0137. The maximum atomic E-state index is 5.86. The second-order valence-electron chi connectivity index (χ2n) is 6.13. The van der Waals surface area contributed by atoms with Crippen molar-refractivity contribution >= 4 is 15.9 Å². The van der Waals surface area contributed by atoms with E-state index in [0.717, 1.165) is 22.4 Å². The third-order valence-corrected chi connectivity index (χ3v) is 3.57. The number of aromatic nitrogens is 2. The first kappa shape index (κ1) is 16.6. The van der Waals surface area contributed by atoms with E-state index >= 15 is 0 Å². The van der Waals surface area contributed by atoms with Gasteiger partial charge in [0.05, 0.1) is 5.69 Å². The van der Waals surface area contributed by atoms with Crippen LogP contribution < -0.4 is 0 Å². The molecular weight excluding hydrogens is 304 g/mol. The van der Waals surface area contributed by atoms with Crippen molar-refractivity contribution in [1.29, 1.82) is 0 Å². The van der Waals surface area contributed by atoms with Crippen molar-refractivity contribution in [2.24, 2.45) is 5.41 Å². The molecule has 1 unspecified atom stereocenters. The lowest BCUT2D eigenvalue weighted by Crippen LogP contribution is -2.24. The standard InChI is InChI=1S/C15H25BrN2O/c1-7-19-13(15(4,5)6)14-17-9-11(8-16)12(18-14)10(2)3/h9-10,13H,7-8H2,1-6H3. The number of hydrogen-bond acceptors (Lipinski definition) is 3. The highest BCUT2D eigenvalue weighted by molar-refractivity contribution is 9.08. The molecular formula is C15H25BrN2O. The molecule has 0 amide bonds. The molecule has 0 N–H and O–H groups in total. The molecule has 0 saturated heterocycles. The van der Waals surface area contributed by atoms with Crippen LogP contribution in [0.4, 0.5) is 0 Å². The Labute approximate surface area is 125 Å². The second kappa shape index (κ2) is 6.80. The second-order valence-corrected chi connectivity index (χ2v) is 6.69. The number of ether oxygens (including phenoxy) is 1. The summed E-state index contributed by atoms with van der Waals surface area (Å²) in [6.45, 7) is 13.5. The van der Waals surface area contributed by atoms with E-state index < -0.39 is 0 Å². The van der Waals surface area contributed by atoms with Crippen molar-refractivity contribution in [3.63, 3.8) is 0 Å². The van der Waals surface area contributed by atoms with Gasteiger partial charge in [0.2, 0.25) is 0 Å². The van der Waals surface area contributed by atoms with Crippen LogP contribution in [-0.4, -0.2) is 16.6 Å². The summed E-state index contributed by atoms with van der Waals surface area (Å²) in [5.74, 6) is 1.18. The highest BCUT2D eigenvalue weighted by atomic mass is 79.9. The molecule has 19 heavy (non-hydrogen) atoms. The number of nitrogens with zero attached hydrogens (tertiary/aromatic N) is 2. The number of hydrogen-bond donors (Lipinski definition) is 0. The minimum Gasteiger partial charge on any atom is -0.370 e. The summed E-state index contributed by atoms with van der Waals surface area (Å²) in [5, 5.41) is 0.787. The van der Waals surface area contributed by atoms with E-state index in [4.69, 9.17) is 9.72 Å². The number of alkyl halides is 1. The molecule has 1 atom stereocenters. The van der Waals surface area contributed by atoms with Gasteiger partial charge in [0, 0.05) is 23.7 Å². The predicted octanol–water partition coefficient (Wildman–Crippen LogP) is 4.62. The van der Waals surface area contributed by atoms with Crippen LogP contribution in [0.1, 0.15) is 70.6 Å². The van der Waals surface area contributed by atoms with E-state index in [2.05, 4.69) is 55.5 Å². The van der Waals surface area contributed by atoms with Gasteiger partial charge in [0.15, 0.2) is 5.82 Å². The summed E-state index contributed by atoms with van der Waals surface area (Å²) < 4.78 is 5.86. The largest absolute Gasteiger partial charge is 0.370 e. The van der Waals surface area contributed by atoms with Gasteiger partial charge in [0.25, 0.3) is 0 Å². The quantitative estimate of drug-likeness (QED) is 0.740. The van der Waals surface area contributed by atoms with Crippen LogP contribution in [0.3, 0.4) is 0 Å². The summed E-state index contributed by atoms with van der Waals surface area (Å²) in [5.41, 5.74) is 2.25. The van der Waals surface area contributed by atoms with E-state index in [1.807, 2.05) is 13.1 Å². The third kappa shape index (κ3) is 4.25. The summed E-state index contributed by atoms with van der Waals surface area (Å²) >= 11 is 3.50. The van der Waals surface area contributed by atoms with Crippen LogP contribution in [-0.2, 0) is 10.1 Å². The van der Waals surface area contributed by atoms with Gasteiger partial charge in [-0.25, -0.2) is 9.97 Å². The van der Waals surface area contributed by atoms with E-state index in [9.17, 15) is 0 Å². The Morgan fingerprint density at radius 3 is 2.37 bits per heavy atom. The van der Waals surface area contributed by atoms with E-state index in [1.54, 1.807) is 0 Å². The van der Waals surface area contributed by atoms with Gasteiger partial charge in [-0.3, -0.25) is 0 Å². The van der Waals surface area contributed by atoms with Gasteiger partial charge in [-0.2, -0.15) is 0 Å². The van der Waals surface area contributed by atoms with Crippen molar-refractivity contribution in [2.75, 3.05) is 6.61 Å². The zero-order chi connectivity index (χ0) is 14.6. The topological polar surface area (TPSA) is 35.0 Å². The predicted molar refractivity (Wildman–Crippen MR) is 82.6 cm³/mol. The molecule has 0 spiro atoms. The molecule has 0 aliphatic heterocycles. The zero-order valence-electron chi connectivity index (χ0n) is 12.8. The molecule has 0 aliphatic rings. The monoisotopic (exact) mass is 328 g/mol. The van der Waals surface area contributed by atoms with Crippen LogP contribution in [0.15, 0.2) is 6.20 Å². The van der Waals surface area contributed by atoms with Crippen LogP contribution in [0.2, 0.25) is 0 Å². The lowest BCUT2D eigenvalue weighted by atomic mass is 9.88. The highest BCUT2D eigenvalue weighted by Crippen LogP contribution is 2.35. The van der Waals surface area contributed by atoms with Crippen molar-refractivity contribution in [3.8, 4) is 0 Å². The zero-order valence-corrected chi connectivity index (χ0v) is 14.4. The molecule has 0 aliphatic carbocycles. The highest BCUT2D eigenvalue weighted by Gasteiger charge is 2.30. The first-order valence-electron chi connectivity index (χ1n) is 6.84. The van der Waals surface area contributed by atoms with Crippen molar-refractivity contribution in [1.82, 2.24) is 9.97 Å². The maximum Gasteiger partial charge on any atom is 0.157 e. The Morgan fingerprint density at radius 2 is 1.95 bits per heavy atom. The SMILES string of the molecule is CCOC(c1ncc(CBr)c(C(C)C)n1)C(C)(C)C. The van der Waals surface area contributed by atoms with Crippen LogP contribution in [0, 0.1) is 5.41 Å². The fraction of sp³-hybridized carbons (Fsp3) is 0.733. The van der Waals surface area contributed by atoms with Gasteiger partial charge >= 0.3 is 0 Å². The van der Waals surface area contributed by atoms with E-state index in [1.165, 1.54) is 0 Å². The Hall–Kier alpha value is -0.480. The van der Waals surface area contributed by atoms with Crippen LogP contribution in [0.5, 0.6) is 0 Å². The molecule has 0 aromatic carbocycles. The Kier molecular flexibility index (Phi) is 5.93. The van der Waals surface area contributed by atoms with Crippen molar-refractivity contribution in [3.05, 3.63) is 23.3 Å². The first-order chi connectivity index (χ1) is 8.81. The fourth-order valence-electron chi connectivity index (χ4n) is 2.04. The Bertz CT molecular complexity index is 413. The molecule has 1 aromatic rings. The van der Waals surface area contributed by atoms with Gasteiger partial charge in [0.1, 0.15) is 6.10 Å². The third-order valence-electron chi connectivity index (χ3n) is 2.96. The Morgan fingerprint density at radius 1 is 1.32 bits per heavy atom. The molecule has 1 rings (SSSR count). The molecule has 0 saturated carbocycles. The number of halogens is 1. The summed E-state index contributed by atoms with van der Waals surface area (Å²) in [6.07, 6.45) is 1.85. The van der Waals surface area contributed by atoms with Crippen LogP contribution in [0.25, 0.3) is 0 Å². The van der Waals surface area contributed by atoms with Gasteiger partial charge in [-0.05, 0) is 18.3 Å². The summed E-state index contributed by atoms with van der Waals surface area (Å²) in [7, 11) is 0. The van der Waals surface area contributed by atoms with Crippen molar-refractivity contribution in [2.45, 2.75) is 58.9 Å². The van der Waals surface area contributed by atoms with Crippen molar-refractivity contribution < 1.29 is 4.74 Å². The molecule has 108 valence electrons. The lowest BCUT2D eigenvalue weighted by Gasteiger charge is -2.29. The van der Waals surface area contributed by atoms with E-state index in [0.29, 0.717) is 12.5 Å². The van der Waals surface area contributed by atoms with Gasteiger partial charge < -0.3 is 4.74 Å². The average Bonchev–Trinajstić information content (AvgIpc) is 2.33. The molecule has 0 bridgehead atoms. The Balaban J connectivity index is 3.21. The summed E-state index contributed by atoms with van der Waals surface area (Å²) in [6, 6.07) is 0. The normalized spacial score (nSPS) is 13.9. The average molecular weight is 329 g/mol. The first-order valence-corrected chi connectivity index (χ1v) is 7.96. The number of rotatable bonds is 5. The van der Waals surface area contributed by atoms with Gasteiger partial charge in [-0.1, -0.05) is 50.5 Å². The minimum atomic E-state index is -0.0700. The smallest absolute Gasteiger partial charge is 0.157 e. The fourth-order valence-corrected chi connectivity index (χ4v) is 2.47. The molecule has 0 radical (unpaired) electrons. The van der Waals surface area contributed by atoms with Crippen LogP contribution >= 0.6 is 15.9 Å². The van der Waals surface area contributed by atoms with E-state index in [-0.39, 0.29) is 11.5 Å². The maximum absolute atomic E-state index is 5.86. The molecule has 4 heteroatoms. The van der Waals surface area contributed by atoms with Gasteiger partial charge in [-0.15, -0.1) is 0 Å². The summed E-state index contributed by atoms with van der Waals surface area (Å²) in [4.78, 5) is 9.27. The molecule has 3 nitrogen and oxygen atoms in total. The lowest BCUT2D eigenvalue weighted by molar-refractivity contribution is -0.0193. The molecule has 0 fully saturated rings.